The van der Waals surface area contributed by atoms with Gasteiger partial charge in [0, 0.05) is 36.2 Å². The van der Waals surface area contributed by atoms with Crippen LogP contribution < -0.4 is 0 Å². The van der Waals surface area contributed by atoms with Crippen LogP contribution in [0.1, 0.15) is 18.4 Å². The average Bonchev–Trinajstić information content (AvgIpc) is 2.28. The average molecular weight is 319 g/mol. The van der Waals surface area contributed by atoms with Gasteiger partial charge < -0.3 is 4.74 Å². The third-order valence-corrected chi connectivity index (χ3v) is 3.87. The number of rotatable bonds is 3. The minimum absolute atomic E-state index is 0.442. The summed E-state index contributed by atoms with van der Waals surface area (Å²) < 4.78 is 6.42. The second kappa shape index (κ2) is 6.19. The molecule has 94 valence electrons. The summed E-state index contributed by atoms with van der Waals surface area (Å²) in [6, 6.07) is 6.09. The summed E-state index contributed by atoms with van der Waals surface area (Å²) >= 11 is 9.52. The quantitative estimate of drug-likeness (QED) is 0.842. The molecule has 1 saturated heterocycles. The summed E-state index contributed by atoms with van der Waals surface area (Å²) in [5.74, 6) is 0. The number of methoxy groups -OCH3 is 1. The van der Waals surface area contributed by atoms with Crippen molar-refractivity contribution in [3.63, 3.8) is 0 Å². The molecule has 0 atom stereocenters. The van der Waals surface area contributed by atoms with Crippen LogP contribution in [-0.4, -0.2) is 31.2 Å². The summed E-state index contributed by atoms with van der Waals surface area (Å²) in [5.41, 5.74) is 1.26. The predicted molar refractivity (Wildman–Crippen MR) is 74.5 cm³/mol. The molecule has 0 spiro atoms. The van der Waals surface area contributed by atoms with Crippen molar-refractivity contribution in [2.45, 2.75) is 25.5 Å². The number of hydrogen-bond acceptors (Lipinski definition) is 2. The van der Waals surface area contributed by atoms with Gasteiger partial charge in [-0.1, -0.05) is 27.5 Å². The van der Waals surface area contributed by atoms with Crippen molar-refractivity contribution in [2.24, 2.45) is 0 Å². The molecule has 1 aliphatic heterocycles. The van der Waals surface area contributed by atoms with Crippen LogP contribution in [0.5, 0.6) is 0 Å². The van der Waals surface area contributed by atoms with Crippen molar-refractivity contribution >= 4 is 27.5 Å². The number of ether oxygens (including phenoxy) is 1. The smallest absolute Gasteiger partial charge is 0.0595 e. The fourth-order valence-electron chi connectivity index (χ4n) is 2.26. The lowest BCUT2D eigenvalue weighted by molar-refractivity contribution is 0.0388. The number of benzene rings is 1. The summed E-state index contributed by atoms with van der Waals surface area (Å²) in [5, 5.41) is 0.793. The monoisotopic (exact) mass is 317 g/mol. The van der Waals surface area contributed by atoms with Crippen molar-refractivity contribution in [3.05, 3.63) is 33.3 Å². The Morgan fingerprint density at radius 1 is 1.35 bits per heavy atom. The summed E-state index contributed by atoms with van der Waals surface area (Å²) in [4.78, 5) is 2.45. The van der Waals surface area contributed by atoms with Gasteiger partial charge >= 0.3 is 0 Å². The Kier molecular flexibility index (Phi) is 4.86. The lowest BCUT2D eigenvalue weighted by Gasteiger charge is -2.31. The highest BCUT2D eigenvalue weighted by molar-refractivity contribution is 9.10. The molecule has 2 rings (SSSR count). The molecule has 1 fully saturated rings. The third-order valence-electron chi connectivity index (χ3n) is 3.20. The van der Waals surface area contributed by atoms with E-state index >= 15 is 0 Å². The standard InChI is InChI=1S/C13H17BrClNO/c1-17-13-2-4-16(5-3-13)9-10-6-11(14)8-12(15)7-10/h6-8,13H,2-5,9H2,1H3. The highest BCUT2D eigenvalue weighted by Crippen LogP contribution is 2.22. The van der Waals surface area contributed by atoms with E-state index in [1.165, 1.54) is 5.56 Å². The van der Waals surface area contributed by atoms with Gasteiger partial charge in [-0.25, -0.2) is 0 Å². The highest BCUT2D eigenvalue weighted by Gasteiger charge is 2.18. The molecule has 0 amide bonds. The Bertz CT molecular complexity index is 357. The summed E-state index contributed by atoms with van der Waals surface area (Å²) in [6.07, 6.45) is 2.69. The molecule has 4 heteroatoms. The maximum absolute atomic E-state index is 6.04. The van der Waals surface area contributed by atoms with E-state index in [1.54, 1.807) is 7.11 Å². The van der Waals surface area contributed by atoms with Gasteiger partial charge in [-0.2, -0.15) is 0 Å². The van der Waals surface area contributed by atoms with Crippen molar-refractivity contribution in [1.29, 1.82) is 0 Å². The molecule has 0 N–H and O–H groups in total. The third kappa shape index (κ3) is 3.95. The van der Waals surface area contributed by atoms with Crippen molar-refractivity contribution < 1.29 is 4.74 Å². The Hall–Kier alpha value is -0.0900. The van der Waals surface area contributed by atoms with E-state index in [2.05, 4.69) is 26.9 Å². The largest absolute Gasteiger partial charge is 0.381 e. The first kappa shape index (κ1) is 13.3. The zero-order valence-electron chi connectivity index (χ0n) is 9.96. The summed E-state index contributed by atoms with van der Waals surface area (Å²) in [7, 11) is 1.80. The molecule has 0 radical (unpaired) electrons. The maximum Gasteiger partial charge on any atom is 0.0595 e. The lowest BCUT2D eigenvalue weighted by atomic mass is 10.1. The van der Waals surface area contributed by atoms with Gasteiger partial charge in [0.1, 0.15) is 0 Å². The molecule has 0 unspecified atom stereocenters. The fraction of sp³-hybridized carbons (Fsp3) is 0.538. The highest BCUT2D eigenvalue weighted by atomic mass is 79.9. The van der Waals surface area contributed by atoms with Gasteiger partial charge in [0.05, 0.1) is 6.10 Å². The second-order valence-electron chi connectivity index (χ2n) is 4.49. The van der Waals surface area contributed by atoms with Gasteiger partial charge in [-0.05, 0) is 36.6 Å². The maximum atomic E-state index is 6.04. The topological polar surface area (TPSA) is 12.5 Å². The molecule has 1 aromatic carbocycles. The molecule has 17 heavy (non-hydrogen) atoms. The van der Waals surface area contributed by atoms with Crippen LogP contribution in [0.25, 0.3) is 0 Å². The molecule has 1 aliphatic rings. The predicted octanol–water partition coefficient (Wildman–Crippen LogP) is 3.71. The van der Waals surface area contributed by atoms with E-state index in [9.17, 15) is 0 Å². The summed E-state index contributed by atoms with van der Waals surface area (Å²) in [6.45, 7) is 3.17. The van der Waals surface area contributed by atoms with Crippen molar-refractivity contribution in [1.82, 2.24) is 4.90 Å². The first-order chi connectivity index (χ1) is 8.17. The number of nitrogens with zero attached hydrogens (tertiary/aromatic N) is 1. The van der Waals surface area contributed by atoms with E-state index in [0.717, 1.165) is 42.0 Å². The first-order valence-corrected chi connectivity index (χ1v) is 7.04. The number of piperidine rings is 1. The number of hydrogen-bond donors (Lipinski definition) is 0. The normalized spacial score (nSPS) is 18.5. The fourth-order valence-corrected chi connectivity index (χ4v) is 3.19. The van der Waals surface area contributed by atoms with Crippen LogP contribution in [0, 0.1) is 0 Å². The minimum Gasteiger partial charge on any atom is -0.381 e. The molecule has 0 saturated carbocycles. The van der Waals surface area contributed by atoms with Gasteiger partial charge in [0.15, 0.2) is 0 Å². The van der Waals surface area contributed by atoms with Gasteiger partial charge in [-0.15, -0.1) is 0 Å². The Morgan fingerprint density at radius 2 is 2.06 bits per heavy atom. The zero-order chi connectivity index (χ0) is 12.3. The van der Waals surface area contributed by atoms with Crippen LogP contribution in [0.4, 0.5) is 0 Å². The molecule has 0 aliphatic carbocycles. The van der Waals surface area contributed by atoms with Crippen molar-refractivity contribution in [2.75, 3.05) is 20.2 Å². The van der Waals surface area contributed by atoms with Crippen LogP contribution in [0.3, 0.4) is 0 Å². The van der Waals surface area contributed by atoms with Gasteiger partial charge in [-0.3, -0.25) is 4.90 Å². The second-order valence-corrected chi connectivity index (χ2v) is 5.84. The molecule has 0 bridgehead atoms. The van der Waals surface area contributed by atoms with Crippen LogP contribution in [0.2, 0.25) is 5.02 Å². The van der Waals surface area contributed by atoms with E-state index in [4.69, 9.17) is 16.3 Å². The van der Waals surface area contributed by atoms with Crippen LogP contribution in [-0.2, 0) is 11.3 Å². The van der Waals surface area contributed by atoms with Gasteiger partial charge in [0.25, 0.3) is 0 Å². The molecular weight excluding hydrogens is 302 g/mol. The van der Waals surface area contributed by atoms with Crippen LogP contribution >= 0.6 is 27.5 Å². The number of halogens is 2. The Morgan fingerprint density at radius 3 is 2.65 bits per heavy atom. The Labute approximate surface area is 116 Å². The van der Waals surface area contributed by atoms with E-state index < -0.39 is 0 Å². The van der Waals surface area contributed by atoms with Crippen LogP contribution in [0.15, 0.2) is 22.7 Å². The molecular formula is C13H17BrClNO. The van der Waals surface area contributed by atoms with E-state index in [0.29, 0.717) is 6.10 Å². The SMILES string of the molecule is COC1CCN(Cc2cc(Cl)cc(Br)c2)CC1. The lowest BCUT2D eigenvalue weighted by Crippen LogP contribution is -2.36. The minimum atomic E-state index is 0.442. The van der Waals surface area contributed by atoms with E-state index in [-0.39, 0.29) is 0 Å². The van der Waals surface area contributed by atoms with E-state index in [1.807, 2.05) is 12.1 Å². The Balaban J connectivity index is 1.93. The molecule has 1 heterocycles. The first-order valence-electron chi connectivity index (χ1n) is 5.87. The molecule has 0 aromatic heterocycles. The number of likely N-dealkylation sites (tertiary alicyclic amines) is 1. The molecule has 2 nitrogen and oxygen atoms in total. The molecule has 1 aromatic rings. The van der Waals surface area contributed by atoms with Crippen molar-refractivity contribution in [3.8, 4) is 0 Å². The van der Waals surface area contributed by atoms with Gasteiger partial charge in [0.2, 0.25) is 0 Å². The zero-order valence-corrected chi connectivity index (χ0v) is 12.3.